The van der Waals surface area contributed by atoms with Crippen LogP contribution in [0, 0.1) is 0 Å². The van der Waals surface area contributed by atoms with Gasteiger partial charge in [-0.1, -0.05) is 54.6 Å². The van der Waals surface area contributed by atoms with Gasteiger partial charge in [0, 0.05) is 5.39 Å². The molecule has 0 heterocycles. The first-order valence-electron chi connectivity index (χ1n) is 7.11. The second-order valence-corrected chi connectivity index (χ2v) is 5.61. The summed E-state index contributed by atoms with van der Waals surface area (Å²) in [6, 6.07) is 22.9. The molecule has 0 fully saturated rings. The van der Waals surface area contributed by atoms with Gasteiger partial charge in [0.1, 0.15) is 5.75 Å². The van der Waals surface area contributed by atoms with Crippen LogP contribution in [0.3, 0.4) is 0 Å². The maximum Gasteiger partial charge on any atom is 0.124 e. The first kappa shape index (κ1) is 10.9. The fourth-order valence-corrected chi connectivity index (χ4v) is 3.58. The number of hydrogen-bond acceptors (Lipinski definition) is 1. The fourth-order valence-electron chi connectivity index (χ4n) is 3.58. The van der Waals surface area contributed by atoms with Gasteiger partial charge < -0.3 is 5.11 Å². The van der Waals surface area contributed by atoms with E-state index in [4.69, 9.17) is 0 Å². The van der Waals surface area contributed by atoms with Crippen LogP contribution in [0.25, 0.3) is 43.1 Å². The topological polar surface area (TPSA) is 20.2 Å². The molecule has 0 saturated carbocycles. The van der Waals surface area contributed by atoms with Gasteiger partial charge in [-0.2, -0.15) is 0 Å². The molecule has 98 valence electrons. The lowest BCUT2D eigenvalue weighted by Gasteiger charge is -2.13. The predicted molar refractivity (Wildman–Crippen MR) is 89.3 cm³/mol. The first-order valence-corrected chi connectivity index (χ1v) is 7.11. The van der Waals surface area contributed by atoms with Crippen molar-refractivity contribution in [1.29, 1.82) is 0 Å². The van der Waals surface area contributed by atoms with Crippen LogP contribution in [-0.4, -0.2) is 5.11 Å². The van der Waals surface area contributed by atoms with Crippen LogP contribution in [-0.2, 0) is 0 Å². The number of fused-ring (bicyclic) bond motifs is 2. The monoisotopic (exact) mass is 268 g/mol. The molecule has 0 spiro atoms. The highest BCUT2D eigenvalue weighted by atomic mass is 16.3. The summed E-state index contributed by atoms with van der Waals surface area (Å²) in [5.41, 5.74) is 0. The standard InChI is InChI=1S/C20H12O/c21-17-6-2-5-14-11-15-8-7-12-3-1-4-13-9-10-16(19(14)17)20(15)18(12)13/h1-11,21H. The quantitative estimate of drug-likeness (QED) is 0.293. The van der Waals surface area contributed by atoms with E-state index in [1.807, 2.05) is 6.07 Å². The molecular formula is C20H12O. The molecule has 0 aliphatic heterocycles. The summed E-state index contributed by atoms with van der Waals surface area (Å²) < 4.78 is 0. The molecule has 5 aromatic carbocycles. The zero-order valence-corrected chi connectivity index (χ0v) is 11.3. The Morgan fingerprint density at radius 3 is 2.00 bits per heavy atom. The molecule has 0 unspecified atom stereocenters. The van der Waals surface area contributed by atoms with Crippen molar-refractivity contribution >= 4 is 43.1 Å². The second-order valence-electron chi connectivity index (χ2n) is 5.61. The van der Waals surface area contributed by atoms with Crippen LogP contribution in [0.15, 0.2) is 66.7 Å². The summed E-state index contributed by atoms with van der Waals surface area (Å²) in [6.07, 6.45) is 0. The zero-order chi connectivity index (χ0) is 14.0. The summed E-state index contributed by atoms with van der Waals surface area (Å²) in [6.45, 7) is 0. The molecule has 0 aliphatic carbocycles. The SMILES string of the molecule is Oc1cccc2cc3ccc4cccc5ccc(c12)c3c45. The molecule has 1 heteroatoms. The third kappa shape index (κ3) is 1.30. The number of benzene rings is 5. The van der Waals surface area contributed by atoms with Crippen LogP contribution >= 0.6 is 0 Å². The van der Waals surface area contributed by atoms with Crippen LogP contribution in [0.5, 0.6) is 5.75 Å². The molecule has 0 atom stereocenters. The van der Waals surface area contributed by atoms with Gasteiger partial charge in [0.15, 0.2) is 0 Å². The summed E-state index contributed by atoms with van der Waals surface area (Å²) in [7, 11) is 0. The Labute approximate surface area is 121 Å². The lowest BCUT2D eigenvalue weighted by Crippen LogP contribution is -1.85. The van der Waals surface area contributed by atoms with E-state index in [9.17, 15) is 5.11 Å². The van der Waals surface area contributed by atoms with Crippen LogP contribution in [0.4, 0.5) is 0 Å². The number of rotatable bonds is 0. The highest BCUT2D eigenvalue weighted by Crippen LogP contribution is 2.40. The molecule has 0 aliphatic rings. The normalized spacial score (nSPS) is 12.0. The maximum absolute atomic E-state index is 10.3. The molecule has 1 N–H and O–H groups in total. The Bertz CT molecular complexity index is 1120. The number of phenols is 1. The highest BCUT2D eigenvalue weighted by Gasteiger charge is 2.12. The van der Waals surface area contributed by atoms with Gasteiger partial charge in [0.2, 0.25) is 0 Å². The molecule has 21 heavy (non-hydrogen) atoms. The van der Waals surface area contributed by atoms with E-state index < -0.39 is 0 Å². The second kappa shape index (κ2) is 3.64. The van der Waals surface area contributed by atoms with Crippen LogP contribution < -0.4 is 0 Å². The Morgan fingerprint density at radius 1 is 0.524 bits per heavy atom. The predicted octanol–water partition coefficient (Wildman–Crippen LogP) is 5.44. The Morgan fingerprint density at radius 2 is 1.14 bits per heavy atom. The summed E-state index contributed by atoms with van der Waals surface area (Å²) in [5, 5.41) is 19.7. The maximum atomic E-state index is 10.3. The Hall–Kier alpha value is -2.80. The number of hydrogen-bond donors (Lipinski definition) is 1. The van der Waals surface area contributed by atoms with E-state index in [2.05, 4.69) is 54.6 Å². The van der Waals surface area contributed by atoms with Gasteiger partial charge in [0.05, 0.1) is 0 Å². The van der Waals surface area contributed by atoms with Crippen molar-refractivity contribution in [2.24, 2.45) is 0 Å². The molecule has 0 amide bonds. The van der Waals surface area contributed by atoms with E-state index in [-0.39, 0.29) is 0 Å². The van der Waals surface area contributed by atoms with Crippen molar-refractivity contribution in [1.82, 2.24) is 0 Å². The van der Waals surface area contributed by atoms with E-state index in [1.165, 1.54) is 26.9 Å². The number of aromatic hydroxyl groups is 1. The van der Waals surface area contributed by atoms with Gasteiger partial charge in [-0.3, -0.25) is 0 Å². The van der Waals surface area contributed by atoms with Gasteiger partial charge >= 0.3 is 0 Å². The highest BCUT2D eigenvalue weighted by molar-refractivity contribution is 6.29. The molecule has 0 radical (unpaired) electrons. The zero-order valence-electron chi connectivity index (χ0n) is 11.3. The van der Waals surface area contributed by atoms with Gasteiger partial charge in [-0.25, -0.2) is 0 Å². The molecule has 5 aromatic rings. The van der Waals surface area contributed by atoms with Crippen molar-refractivity contribution in [2.75, 3.05) is 0 Å². The molecule has 0 saturated heterocycles. The lowest BCUT2D eigenvalue weighted by molar-refractivity contribution is 0.482. The average Bonchev–Trinajstić information content (AvgIpc) is 2.52. The summed E-state index contributed by atoms with van der Waals surface area (Å²) in [4.78, 5) is 0. The molecule has 0 aromatic heterocycles. The van der Waals surface area contributed by atoms with Crippen LogP contribution in [0.2, 0.25) is 0 Å². The number of phenolic OH excluding ortho intramolecular Hbond substituents is 1. The van der Waals surface area contributed by atoms with Crippen molar-refractivity contribution < 1.29 is 5.11 Å². The van der Waals surface area contributed by atoms with Gasteiger partial charge in [0.25, 0.3) is 0 Å². The fraction of sp³-hybridized carbons (Fsp3) is 0. The van der Waals surface area contributed by atoms with Crippen molar-refractivity contribution in [3.05, 3.63) is 66.7 Å². The minimum atomic E-state index is 0.352. The average molecular weight is 268 g/mol. The lowest BCUT2D eigenvalue weighted by atomic mass is 9.91. The minimum Gasteiger partial charge on any atom is -0.507 e. The van der Waals surface area contributed by atoms with E-state index in [0.29, 0.717) is 5.75 Å². The van der Waals surface area contributed by atoms with E-state index in [1.54, 1.807) is 6.07 Å². The molecule has 5 rings (SSSR count). The van der Waals surface area contributed by atoms with Crippen molar-refractivity contribution in [3.8, 4) is 5.75 Å². The third-order valence-electron chi connectivity index (χ3n) is 4.46. The largest absolute Gasteiger partial charge is 0.507 e. The van der Waals surface area contributed by atoms with Crippen molar-refractivity contribution in [3.63, 3.8) is 0 Å². The molecule has 1 nitrogen and oxygen atoms in total. The summed E-state index contributed by atoms with van der Waals surface area (Å²) >= 11 is 0. The molecule has 0 bridgehead atoms. The van der Waals surface area contributed by atoms with Gasteiger partial charge in [-0.05, 0) is 49.8 Å². The smallest absolute Gasteiger partial charge is 0.124 e. The molecular weight excluding hydrogens is 256 g/mol. The van der Waals surface area contributed by atoms with Gasteiger partial charge in [-0.15, -0.1) is 0 Å². The first-order chi connectivity index (χ1) is 10.3. The summed E-state index contributed by atoms with van der Waals surface area (Å²) in [5.74, 6) is 0.352. The van der Waals surface area contributed by atoms with Crippen molar-refractivity contribution in [2.45, 2.75) is 0 Å². The Balaban J connectivity index is 2.23. The van der Waals surface area contributed by atoms with Crippen LogP contribution in [0.1, 0.15) is 0 Å². The van der Waals surface area contributed by atoms with E-state index >= 15 is 0 Å². The minimum absolute atomic E-state index is 0.352. The third-order valence-corrected chi connectivity index (χ3v) is 4.46. The van der Waals surface area contributed by atoms with E-state index in [0.717, 1.165) is 16.2 Å². The Kier molecular flexibility index (Phi) is 1.90.